The molecular formula is C21H18FN5O5S2. The molecular weight excluding hydrogens is 485 g/mol. The van der Waals surface area contributed by atoms with Crippen LogP contribution in [0.1, 0.15) is 17.3 Å². The maximum Gasteiger partial charge on any atom is 0.328 e. The maximum atomic E-state index is 13.6. The van der Waals surface area contributed by atoms with Crippen LogP contribution in [0.25, 0.3) is 10.6 Å². The van der Waals surface area contributed by atoms with E-state index in [9.17, 15) is 27.8 Å². The summed E-state index contributed by atoms with van der Waals surface area (Å²) in [6.07, 6.45) is 2.81. The van der Waals surface area contributed by atoms with Crippen molar-refractivity contribution in [3.63, 3.8) is 0 Å². The van der Waals surface area contributed by atoms with E-state index in [0.717, 1.165) is 28.2 Å². The van der Waals surface area contributed by atoms with E-state index in [1.807, 2.05) is 0 Å². The number of nitrogens with zero attached hydrogens (tertiary/aromatic N) is 4. The van der Waals surface area contributed by atoms with Gasteiger partial charge in [-0.25, -0.2) is 27.0 Å². The van der Waals surface area contributed by atoms with Crippen LogP contribution in [0, 0.1) is 5.82 Å². The number of rotatable bonds is 9. The lowest BCUT2D eigenvalue weighted by atomic mass is 10.1. The van der Waals surface area contributed by atoms with Crippen molar-refractivity contribution in [1.29, 1.82) is 0 Å². The van der Waals surface area contributed by atoms with Gasteiger partial charge in [-0.3, -0.25) is 4.98 Å². The molecule has 4 aromatic rings. The second-order valence-electron chi connectivity index (χ2n) is 7.19. The van der Waals surface area contributed by atoms with E-state index in [1.165, 1.54) is 18.3 Å². The molecule has 0 aliphatic carbocycles. The predicted molar refractivity (Wildman–Crippen MR) is 120 cm³/mol. The van der Waals surface area contributed by atoms with Gasteiger partial charge in [0.15, 0.2) is 17.6 Å². The number of carbonyl (C=O) groups is 1. The molecule has 0 saturated carbocycles. The molecule has 0 fully saturated rings. The smallest absolute Gasteiger partial charge is 0.328 e. The van der Waals surface area contributed by atoms with Crippen LogP contribution in [0.15, 0.2) is 65.1 Å². The number of phenols is 1. The van der Waals surface area contributed by atoms with Crippen molar-refractivity contribution in [2.24, 2.45) is 0 Å². The van der Waals surface area contributed by atoms with Crippen LogP contribution in [0.2, 0.25) is 0 Å². The van der Waals surface area contributed by atoms with Gasteiger partial charge in [0.05, 0.1) is 29.0 Å². The number of thiophene rings is 1. The molecule has 0 aliphatic heterocycles. The van der Waals surface area contributed by atoms with Crippen molar-refractivity contribution in [2.75, 3.05) is 0 Å². The van der Waals surface area contributed by atoms with Gasteiger partial charge in [-0.1, -0.05) is 17.3 Å². The van der Waals surface area contributed by atoms with Crippen LogP contribution < -0.4 is 4.72 Å². The Kier molecular flexibility index (Phi) is 6.68. The molecule has 176 valence electrons. The first-order valence-electron chi connectivity index (χ1n) is 9.85. The number of hydrogen-bond acceptors (Lipinski definition) is 8. The van der Waals surface area contributed by atoms with E-state index in [2.05, 4.69) is 20.0 Å². The number of hydrogen-bond donors (Lipinski definition) is 3. The molecule has 34 heavy (non-hydrogen) atoms. The molecule has 3 heterocycles. The summed E-state index contributed by atoms with van der Waals surface area (Å²) < 4.78 is 42.5. The highest BCUT2D eigenvalue weighted by molar-refractivity contribution is 7.91. The van der Waals surface area contributed by atoms with Crippen LogP contribution >= 0.6 is 11.3 Å². The summed E-state index contributed by atoms with van der Waals surface area (Å²) in [7, 11) is -3.85. The molecule has 0 radical (unpaired) electrons. The van der Waals surface area contributed by atoms with Crippen LogP contribution in [0.4, 0.5) is 4.39 Å². The maximum absolute atomic E-state index is 13.6. The molecule has 0 spiro atoms. The highest BCUT2D eigenvalue weighted by atomic mass is 32.2. The number of aromatic nitrogens is 4. The molecule has 10 nitrogen and oxygen atoms in total. The molecule has 1 aromatic carbocycles. The van der Waals surface area contributed by atoms with Gasteiger partial charge in [-0.05, 0) is 42.0 Å². The lowest BCUT2D eigenvalue weighted by Crippen LogP contribution is -2.23. The Bertz CT molecular complexity index is 1420. The first-order chi connectivity index (χ1) is 16.2. The van der Waals surface area contributed by atoms with Crippen LogP contribution in [0.5, 0.6) is 5.75 Å². The zero-order valence-corrected chi connectivity index (χ0v) is 19.0. The van der Waals surface area contributed by atoms with Gasteiger partial charge < -0.3 is 10.2 Å². The largest absolute Gasteiger partial charge is 0.505 e. The number of carboxylic acid groups (broad SMARTS) is 1. The SMILES string of the molecule is O=C(O)C(Cc1ccc(O)c(F)c1)n1cc(CNS(=O)(=O)c2ccc(-c3ccccn3)s2)nn1. The van der Waals surface area contributed by atoms with Gasteiger partial charge in [-0.2, -0.15) is 0 Å². The topological polar surface area (TPSA) is 147 Å². The third-order valence-electron chi connectivity index (χ3n) is 4.81. The number of halogens is 1. The van der Waals surface area contributed by atoms with Crippen LogP contribution in [-0.2, 0) is 27.8 Å². The Morgan fingerprint density at radius 3 is 2.74 bits per heavy atom. The minimum Gasteiger partial charge on any atom is -0.505 e. The Labute approximate surface area is 197 Å². The summed E-state index contributed by atoms with van der Waals surface area (Å²) in [5.74, 6) is -2.63. The Morgan fingerprint density at radius 2 is 2.03 bits per heavy atom. The first-order valence-corrected chi connectivity index (χ1v) is 12.1. The van der Waals surface area contributed by atoms with Crippen molar-refractivity contribution in [3.05, 3.63) is 78.0 Å². The monoisotopic (exact) mass is 503 g/mol. The van der Waals surface area contributed by atoms with Crippen molar-refractivity contribution in [2.45, 2.75) is 23.2 Å². The third kappa shape index (κ3) is 5.27. The van der Waals surface area contributed by atoms with Crippen LogP contribution in [-0.4, -0.2) is 44.6 Å². The molecule has 3 aromatic heterocycles. The average Bonchev–Trinajstić information content (AvgIpc) is 3.49. The summed E-state index contributed by atoms with van der Waals surface area (Å²) >= 11 is 1.07. The number of benzene rings is 1. The predicted octanol–water partition coefficient (Wildman–Crippen LogP) is 2.59. The minimum atomic E-state index is -3.85. The number of phenolic OH excluding ortho intramolecular Hbond substituents is 1. The number of nitrogens with one attached hydrogen (secondary N) is 1. The summed E-state index contributed by atoms with van der Waals surface area (Å²) in [6.45, 7) is -0.209. The summed E-state index contributed by atoms with van der Waals surface area (Å²) in [5, 5.41) is 26.5. The zero-order chi connectivity index (χ0) is 24.3. The van der Waals surface area contributed by atoms with E-state index in [-0.39, 0.29) is 22.9 Å². The number of carboxylic acids is 1. The highest BCUT2D eigenvalue weighted by Gasteiger charge is 2.23. The lowest BCUT2D eigenvalue weighted by molar-refractivity contribution is -0.141. The summed E-state index contributed by atoms with van der Waals surface area (Å²) in [6, 6.07) is 10.9. The lowest BCUT2D eigenvalue weighted by Gasteiger charge is -2.12. The number of aliphatic carboxylic acids is 1. The summed E-state index contributed by atoms with van der Waals surface area (Å²) in [4.78, 5) is 16.6. The molecule has 1 atom stereocenters. The normalized spacial score (nSPS) is 12.5. The van der Waals surface area contributed by atoms with Crippen molar-refractivity contribution < 1.29 is 27.8 Å². The van der Waals surface area contributed by atoms with Gasteiger partial charge in [0, 0.05) is 12.6 Å². The fraction of sp³-hybridized carbons (Fsp3) is 0.143. The fourth-order valence-electron chi connectivity index (χ4n) is 3.09. The number of aromatic hydroxyl groups is 1. The quantitative estimate of drug-likeness (QED) is 0.316. The molecule has 13 heteroatoms. The van der Waals surface area contributed by atoms with Gasteiger partial charge in [-0.15, -0.1) is 16.4 Å². The van der Waals surface area contributed by atoms with E-state index in [0.29, 0.717) is 16.1 Å². The summed E-state index contributed by atoms with van der Waals surface area (Å²) in [5.41, 5.74) is 1.19. The Balaban J connectivity index is 1.45. The van der Waals surface area contributed by atoms with Gasteiger partial charge in [0.1, 0.15) is 4.21 Å². The van der Waals surface area contributed by atoms with Gasteiger partial charge in [0.2, 0.25) is 10.0 Å². The van der Waals surface area contributed by atoms with E-state index in [1.54, 1.807) is 30.5 Å². The Hall–Kier alpha value is -3.68. The fourth-order valence-corrected chi connectivity index (χ4v) is 5.42. The second kappa shape index (κ2) is 9.67. The molecule has 0 aliphatic rings. The Morgan fingerprint density at radius 1 is 1.21 bits per heavy atom. The zero-order valence-electron chi connectivity index (χ0n) is 17.4. The molecule has 0 bridgehead atoms. The minimum absolute atomic E-state index is 0.0957. The molecule has 0 saturated heterocycles. The van der Waals surface area contributed by atoms with Gasteiger partial charge in [0.25, 0.3) is 0 Å². The average molecular weight is 504 g/mol. The van der Waals surface area contributed by atoms with Crippen molar-refractivity contribution >= 4 is 27.3 Å². The standard InChI is InChI=1S/C21H18FN5O5S2/c22-15-9-13(4-5-18(15)28)10-17(21(29)30)27-12-14(25-26-27)11-24-34(31,32)20-7-6-19(33-20)16-3-1-2-8-23-16/h1-9,12,17,24,28H,10-11H2,(H,29,30). The molecule has 3 N–H and O–H groups in total. The van der Waals surface area contributed by atoms with Crippen molar-refractivity contribution in [3.8, 4) is 16.3 Å². The number of sulfonamides is 1. The van der Waals surface area contributed by atoms with Gasteiger partial charge >= 0.3 is 5.97 Å². The first kappa shape index (κ1) is 23.5. The molecule has 0 amide bonds. The highest BCUT2D eigenvalue weighted by Crippen LogP contribution is 2.29. The van der Waals surface area contributed by atoms with E-state index >= 15 is 0 Å². The third-order valence-corrected chi connectivity index (χ3v) is 7.81. The van der Waals surface area contributed by atoms with E-state index in [4.69, 9.17) is 0 Å². The van der Waals surface area contributed by atoms with E-state index < -0.39 is 33.6 Å². The van der Waals surface area contributed by atoms with Crippen molar-refractivity contribution in [1.82, 2.24) is 24.7 Å². The molecule has 1 unspecified atom stereocenters. The second-order valence-corrected chi connectivity index (χ2v) is 10.3. The van der Waals surface area contributed by atoms with Crippen LogP contribution in [0.3, 0.4) is 0 Å². The number of pyridine rings is 1. The molecule has 4 rings (SSSR count).